The van der Waals surface area contributed by atoms with Gasteiger partial charge in [-0.15, -0.1) is 0 Å². The summed E-state index contributed by atoms with van der Waals surface area (Å²) < 4.78 is 6.00. The molecule has 1 saturated heterocycles. The van der Waals surface area contributed by atoms with Gasteiger partial charge in [0.2, 0.25) is 0 Å². The summed E-state index contributed by atoms with van der Waals surface area (Å²) in [5.41, 5.74) is 3.34. The van der Waals surface area contributed by atoms with Crippen molar-refractivity contribution in [2.75, 3.05) is 32.1 Å². The monoisotopic (exact) mass is 376 g/mol. The molecule has 1 aromatic heterocycles. The molecule has 28 heavy (non-hydrogen) atoms. The second-order valence-corrected chi connectivity index (χ2v) is 8.01. The van der Waals surface area contributed by atoms with E-state index < -0.39 is 0 Å². The molecule has 0 aliphatic carbocycles. The highest BCUT2D eigenvalue weighted by molar-refractivity contribution is 6.10. The van der Waals surface area contributed by atoms with E-state index in [0.29, 0.717) is 17.2 Å². The molecular weight excluding hydrogens is 348 g/mol. The lowest BCUT2D eigenvalue weighted by atomic mass is 10.0. The van der Waals surface area contributed by atoms with E-state index in [9.17, 15) is 4.79 Å². The number of hydrogen-bond donors (Lipinski definition) is 0. The molecule has 0 spiro atoms. The van der Waals surface area contributed by atoms with Crippen molar-refractivity contribution in [1.82, 2.24) is 4.90 Å². The Bertz CT molecular complexity index is 972. The van der Waals surface area contributed by atoms with E-state index in [1.807, 2.05) is 61.5 Å². The quantitative estimate of drug-likeness (QED) is 0.582. The average Bonchev–Trinajstić information content (AvgIpc) is 3.30. The maximum Gasteiger partial charge on any atom is 0.193 e. The predicted octanol–water partition coefficient (Wildman–Crippen LogP) is 4.76. The molecule has 2 heterocycles. The molecule has 1 atom stereocenters. The first-order valence-corrected chi connectivity index (χ1v) is 10.1. The fraction of sp³-hybridized carbons (Fsp3) is 0.375. The van der Waals surface area contributed by atoms with Crippen molar-refractivity contribution in [2.45, 2.75) is 32.2 Å². The lowest BCUT2D eigenvalue weighted by molar-refractivity contribution is 0.103. The standard InChI is InChI=1S/C24H28N2O2/c1-17-5-4-13-26(17)14-12-22-16-20-15-19(8-11-23(20)28-22)24(27)18-6-9-21(10-7-18)25(2)3/h6-11,15-17H,4-5,12-14H2,1-3H3/t17-/m1/s1. The Morgan fingerprint density at radius 2 is 1.86 bits per heavy atom. The van der Waals surface area contributed by atoms with E-state index in [2.05, 4.69) is 17.9 Å². The molecule has 1 fully saturated rings. The Labute approximate surface area is 166 Å². The highest BCUT2D eigenvalue weighted by atomic mass is 16.3. The number of furan rings is 1. The third-order valence-electron chi connectivity index (χ3n) is 5.81. The van der Waals surface area contributed by atoms with Gasteiger partial charge in [0.25, 0.3) is 0 Å². The van der Waals surface area contributed by atoms with Crippen LogP contribution in [0.15, 0.2) is 52.9 Å². The average molecular weight is 377 g/mol. The molecule has 146 valence electrons. The van der Waals surface area contributed by atoms with Gasteiger partial charge in [-0.1, -0.05) is 0 Å². The SMILES string of the molecule is C[C@@H]1CCCN1CCc1cc2cc(C(=O)c3ccc(N(C)C)cc3)ccc2o1. The van der Waals surface area contributed by atoms with Crippen LogP contribution in [0.3, 0.4) is 0 Å². The van der Waals surface area contributed by atoms with Crippen LogP contribution in [0.1, 0.15) is 41.4 Å². The van der Waals surface area contributed by atoms with Crippen molar-refractivity contribution in [3.05, 3.63) is 65.4 Å². The topological polar surface area (TPSA) is 36.7 Å². The van der Waals surface area contributed by atoms with Gasteiger partial charge in [-0.3, -0.25) is 4.79 Å². The smallest absolute Gasteiger partial charge is 0.193 e. The molecule has 0 radical (unpaired) electrons. The van der Waals surface area contributed by atoms with Crippen molar-refractivity contribution in [3.63, 3.8) is 0 Å². The first kappa shape index (κ1) is 18.8. The highest BCUT2D eigenvalue weighted by Gasteiger charge is 2.20. The Kier molecular flexibility index (Phi) is 5.23. The van der Waals surface area contributed by atoms with Gasteiger partial charge < -0.3 is 14.2 Å². The molecule has 0 amide bonds. The summed E-state index contributed by atoms with van der Waals surface area (Å²) in [4.78, 5) is 17.4. The summed E-state index contributed by atoms with van der Waals surface area (Å²) in [6.45, 7) is 4.52. The second kappa shape index (κ2) is 7.80. The normalized spacial score (nSPS) is 17.3. The van der Waals surface area contributed by atoms with Crippen LogP contribution in [0.2, 0.25) is 0 Å². The van der Waals surface area contributed by atoms with Crippen molar-refractivity contribution < 1.29 is 9.21 Å². The summed E-state index contributed by atoms with van der Waals surface area (Å²) in [6.07, 6.45) is 3.50. The lowest BCUT2D eigenvalue weighted by Gasteiger charge is -2.19. The van der Waals surface area contributed by atoms with Crippen LogP contribution in [0.4, 0.5) is 5.69 Å². The maximum absolute atomic E-state index is 12.9. The molecule has 4 rings (SSSR count). The van der Waals surface area contributed by atoms with Gasteiger partial charge in [0.1, 0.15) is 11.3 Å². The van der Waals surface area contributed by atoms with Crippen LogP contribution >= 0.6 is 0 Å². The molecule has 1 aliphatic rings. The number of likely N-dealkylation sites (tertiary alicyclic amines) is 1. The minimum absolute atomic E-state index is 0.0425. The number of fused-ring (bicyclic) bond motifs is 1. The summed E-state index contributed by atoms with van der Waals surface area (Å²) in [7, 11) is 3.98. The van der Waals surface area contributed by atoms with Gasteiger partial charge in [0.15, 0.2) is 5.78 Å². The molecule has 3 aromatic rings. The first-order valence-electron chi connectivity index (χ1n) is 10.1. The number of hydrogen-bond acceptors (Lipinski definition) is 4. The Morgan fingerprint density at radius 1 is 1.11 bits per heavy atom. The van der Waals surface area contributed by atoms with Crippen molar-refractivity contribution in [1.29, 1.82) is 0 Å². The first-order chi connectivity index (χ1) is 13.5. The molecule has 1 aliphatic heterocycles. The van der Waals surface area contributed by atoms with Gasteiger partial charge in [0.05, 0.1) is 0 Å². The Balaban J connectivity index is 1.50. The third-order valence-corrected chi connectivity index (χ3v) is 5.81. The number of benzene rings is 2. The molecular formula is C24H28N2O2. The van der Waals surface area contributed by atoms with Crippen LogP contribution < -0.4 is 4.90 Å². The van der Waals surface area contributed by atoms with Crippen LogP contribution in [0.25, 0.3) is 11.0 Å². The van der Waals surface area contributed by atoms with Crippen LogP contribution in [0, 0.1) is 0 Å². The van der Waals surface area contributed by atoms with Crippen molar-refractivity contribution in [2.24, 2.45) is 0 Å². The van der Waals surface area contributed by atoms with E-state index in [0.717, 1.165) is 35.4 Å². The van der Waals surface area contributed by atoms with Crippen LogP contribution in [-0.4, -0.2) is 43.9 Å². The Hall–Kier alpha value is -2.59. The number of nitrogens with zero attached hydrogens (tertiary/aromatic N) is 2. The number of anilines is 1. The number of ketones is 1. The van der Waals surface area contributed by atoms with Crippen molar-refractivity contribution >= 4 is 22.4 Å². The largest absolute Gasteiger partial charge is 0.461 e. The minimum Gasteiger partial charge on any atom is -0.461 e. The van der Waals surface area contributed by atoms with Crippen LogP contribution in [-0.2, 0) is 6.42 Å². The molecule has 4 nitrogen and oxygen atoms in total. The van der Waals surface area contributed by atoms with E-state index >= 15 is 0 Å². The number of carbonyl (C=O) groups is 1. The molecule has 0 N–H and O–H groups in total. The van der Waals surface area contributed by atoms with E-state index in [1.165, 1.54) is 19.4 Å². The van der Waals surface area contributed by atoms with Gasteiger partial charge in [-0.2, -0.15) is 0 Å². The molecule has 0 saturated carbocycles. The highest BCUT2D eigenvalue weighted by Crippen LogP contribution is 2.24. The number of rotatable bonds is 6. The zero-order valence-electron chi connectivity index (χ0n) is 16.9. The lowest BCUT2D eigenvalue weighted by Crippen LogP contribution is -2.28. The minimum atomic E-state index is 0.0425. The summed E-state index contributed by atoms with van der Waals surface area (Å²) in [6, 6.07) is 16.2. The summed E-state index contributed by atoms with van der Waals surface area (Å²) in [5, 5.41) is 1.00. The Morgan fingerprint density at radius 3 is 2.54 bits per heavy atom. The molecule has 4 heteroatoms. The predicted molar refractivity (Wildman–Crippen MR) is 114 cm³/mol. The zero-order valence-corrected chi connectivity index (χ0v) is 16.9. The molecule has 0 unspecified atom stereocenters. The fourth-order valence-corrected chi connectivity index (χ4v) is 4.02. The van der Waals surface area contributed by atoms with E-state index in [-0.39, 0.29) is 5.78 Å². The van der Waals surface area contributed by atoms with Gasteiger partial charge in [-0.05, 0) is 74.8 Å². The summed E-state index contributed by atoms with van der Waals surface area (Å²) >= 11 is 0. The zero-order chi connectivity index (χ0) is 19.7. The number of carbonyl (C=O) groups excluding carboxylic acids is 1. The molecule has 2 aromatic carbocycles. The van der Waals surface area contributed by atoms with Gasteiger partial charge in [0, 0.05) is 55.3 Å². The second-order valence-electron chi connectivity index (χ2n) is 8.01. The van der Waals surface area contributed by atoms with E-state index in [4.69, 9.17) is 4.42 Å². The van der Waals surface area contributed by atoms with Gasteiger partial charge >= 0.3 is 0 Å². The van der Waals surface area contributed by atoms with Crippen LogP contribution in [0.5, 0.6) is 0 Å². The summed E-state index contributed by atoms with van der Waals surface area (Å²) in [5.74, 6) is 1.04. The molecule has 0 bridgehead atoms. The third kappa shape index (κ3) is 3.83. The van der Waals surface area contributed by atoms with Gasteiger partial charge in [-0.25, -0.2) is 0 Å². The maximum atomic E-state index is 12.9. The fourth-order valence-electron chi connectivity index (χ4n) is 4.02. The van der Waals surface area contributed by atoms with Crippen molar-refractivity contribution in [3.8, 4) is 0 Å². The van der Waals surface area contributed by atoms with E-state index in [1.54, 1.807) is 0 Å².